The molecular formula is C13H18N6O. The summed E-state index contributed by atoms with van der Waals surface area (Å²) in [5.74, 6) is 0.406. The molecule has 7 nitrogen and oxygen atoms in total. The van der Waals surface area contributed by atoms with Crippen LogP contribution in [0.3, 0.4) is 0 Å². The van der Waals surface area contributed by atoms with Crippen LogP contribution in [0.15, 0.2) is 12.3 Å². The van der Waals surface area contributed by atoms with Crippen LogP contribution in [-0.2, 0) is 6.54 Å². The summed E-state index contributed by atoms with van der Waals surface area (Å²) in [6.45, 7) is 4.18. The van der Waals surface area contributed by atoms with Gasteiger partial charge in [0.15, 0.2) is 11.5 Å². The first-order chi connectivity index (χ1) is 9.45. The third kappa shape index (κ3) is 2.39. The standard InChI is InChI=1S/C13H18N6O/c1-8-9(2)15-16-12(10(8)7-14)19-6-5-11(17-19)13(20)18(3)4/h5-6H,7,14H2,1-4H3. The molecule has 0 spiro atoms. The summed E-state index contributed by atoms with van der Waals surface area (Å²) in [5.41, 5.74) is 8.86. The molecule has 0 saturated heterocycles. The fraction of sp³-hybridized carbons (Fsp3) is 0.385. The van der Waals surface area contributed by atoms with E-state index in [9.17, 15) is 4.79 Å². The number of nitrogens with two attached hydrogens (primary N) is 1. The lowest BCUT2D eigenvalue weighted by Gasteiger charge is -2.11. The van der Waals surface area contributed by atoms with Crippen LogP contribution in [0.4, 0.5) is 0 Å². The van der Waals surface area contributed by atoms with Gasteiger partial charge in [-0.15, -0.1) is 5.10 Å². The van der Waals surface area contributed by atoms with Gasteiger partial charge in [0.1, 0.15) is 0 Å². The average Bonchev–Trinajstić information content (AvgIpc) is 2.90. The van der Waals surface area contributed by atoms with Crippen molar-refractivity contribution in [3.8, 4) is 5.82 Å². The van der Waals surface area contributed by atoms with Crippen molar-refractivity contribution in [2.75, 3.05) is 14.1 Å². The lowest BCUT2D eigenvalue weighted by Crippen LogP contribution is -2.22. The topological polar surface area (TPSA) is 89.9 Å². The van der Waals surface area contributed by atoms with Gasteiger partial charge in [-0.1, -0.05) is 0 Å². The molecule has 20 heavy (non-hydrogen) atoms. The van der Waals surface area contributed by atoms with Gasteiger partial charge in [-0.05, 0) is 25.5 Å². The lowest BCUT2D eigenvalue weighted by molar-refractivity contribution is 0.0821. The first kappa shape index (κ1) is 14.1. The first-order valence-electron chi connectivity index (χ1n) is 6.26. The summed E-state index contributed by atoms with van der Waals surface area (Å²) in [7, 11) is 3.37. The Kier molecular flexibility index (Phi) is 3.80. The number of carbonyl (C=O) groups is 1. The lowest BCUT2D eigenvalue weighted by atomic mass is 10.1. The van der Waals surface area contributed by atoms with E-state index in [0.717, 1.165) is 16.8 Å². The molecule has 2 N–H and O–H groups in total. The number of carbonyl (C=O) groups excluding carboxylic acids is 1. The molecule has 2 aromatic heterocycles. The van der Waals surface area contributed by atoms with Crippen molar-refractivity contribution >= 4 is 5.91 Å². The second kappa shape index (κ2) is 5.38. The molecule has 2 heterocycles. The van der Waals surface area contributed by atoms with Crippen molar-refractivity contribution in [2.45, 2.75) is 20.4 Å². The van der Waals surface area contributed by atoms with Crippen molar-refractivity contribution in [1.29, 1.82) is 0 Å². The van der Waals surface area contributed by atoms with E-state index in [4.69, 9.17) is 5.73 Å². The van der Waals surface area contributed by atoms with Gasteiger partial charge in [-0.3, -0.25) is 4.79 Å². The van der Waals surface area contributed by atoms with E-state index in [1.807, 2.05) is 13.8 Å². The van der Waals surface area contributed by atoms with Crippen LogP contribution in [0.25, 0.3) is 5.82 Å². The van der Waals surface area contributed by atoms with E-state index in [1.54, 1.807) is 31.0 Å². The number of aromatic nitrogens is 4. The second-order valence-electron chi connectivity index (χ2n) is 4.76. The molecule has 2 rings (SSSR count). The molecule has 0 aliphatic rings. The monoisotopic (exact) mass is 274 g/mol. The fourth-order valence-electron chi connectivity index (χ4n) is 1.86. The Labute approximate surface area is 117 Å². The zero-order valence-corrected chi connectivity index (χ0v) is 12.1. The van der Waals surface area contributed by atoms with Crippen LogP contribution in [-0.4, -0.2) is 44.9 Å². The molecule has 1 amide bonds. The van der Waals surface area contributed by atoms with Crippen molar-refractivity contribution in [3.05, 3.63) is 34.8 Å². The minimum Gasteiger partial charge on any atom is -0.343 e. The van der Waals surface area contributed by atoms with Gasteiger partial charge in [0.25, 0.3) is 5.91 Å². The third-order valence-electron chi connectivity index (χ3n) is 3.20. The SMILES string of the molecule is Cc1nnc(-n2ccc(C(=O)N(C)C)n2)c(CN)c1C. The normalized spacial score (nSPS) is 10.7. The van der Waals surface area contributed by atoms with Crippen LogP contribution in [0.2, 0.25) is 0 Å². The van der Waals surface area contributed by atoms with Crippen LogP contribution < -0.4 is 5.73 Å². The average molecular weight is 274 g/mol. The number of hydrogen-bond acceptors (Lipinski definition) is 5. The van der Waals surface area contributed by atoms with Crippen LogP contribution in [0, 0.1) is 13.8 Å². The molecule has 2 aromatic rings. The summed E-state index contributed by atoms with van der Waals surface area (Å²) in [4.78, 5) is 13.3. The summed E-state index contributed by atoms with van der Waals surface area (Å²) in [6.07, 6.45) is 1.69. The van der Waals surface area contributed by atoms with Gasteiger partial charge in [0.2, 0.25) is 0 Å². The highest BCUT2D eigenvalue weighted by atomic mass is 16.2. The maximum absolute atomic E-state index is 11.9. The third-order valence-corrected chi connectivity index (χ3v) is 3.20. The molecule has 0 atom stereocenters. The predicted octanol–water partition coefficient (Wildman–Crippen LogP) is 0.440. The largest absolute Gasteiger partial charge is 0.343 e. The van der Waals surface area contributed by atoms with Gasteiger partial charge in [-0.2, -0.15) is 10.2 Å². The number of aryl methyl sites for hydroxylation is 1. The maximum Gasteiger partial charge on any atom is 0.273 e. The van der Waals surface area contributed by atoms with E-state index in [2.05, 4.69) is 15.3 Å². The van der Waals surface area contributed by atoms with Crippen LogP contribution in [0.5, 0.6) is 0 Å². The molecule has 0 radical (unpaired) electrons. The minimum absolute atomic E-state index is 0.158. The number of amides is 1. The minimum atomic E-state index is -0.158. The van der Waals surface area contributed by atoms with Crippen molar-refractivity contribution in [3.63, 3.8) is 0 Å². The molecule has 0 unspecified atom stereocenters. The Bertz CT molecular complexity index is 646. The Morgan fingerprint density at radius 2 is 2.05 bits per heavy atom. The molecule has 0 fully saturated rings. The highest BCUT2D eigenvalue weighted by molar-refractivity contribution is 5.91. The van der Waals surface area contributed by atoms with E-state index in [1.165, 1.54) is 4.90 Å². The van der Waals surface area contributed by atoms with E-state index in [-0.39, 0.29) is 5.91 Å². The van der Waals surface area contributed by atoms with Crippen molar-refractivity contribution in [2.24, 2.45) is 5.73 Å². The Hall–Kier alpha value is -2.28. The molecule has 0 bridgehead atoms. The van der Waals surface area contributed by atoms with E-state index >= 15 is 0 Å². The Morgan fingerprint density at radius 3 is 2.65 bits per heavy atom. The van der Waals surface area contributed by atoms with Crippen LogP contribution in [0.1, 0.15) is 27.3 Å². The number of hydrogen-bond donors (Lipinski definition) is 1. The van der Waals surface area contributed by atoms with E-state index in [0.29, 0.717) is 18.1 Å². The fourth-order valence-corrected chi connectivity index (χ4v) is 1.86. The van der Waals surface area contributed by atoms with Gasteiger partial charge < -0.3 is 10.6 Å². The molecular weight excluding hydrogens is 256 g/mol. The molecule has 0 aliphatic carbocycles. The Morgan fingerprint density at radius 1 is 1.35 bits per heavy atom. The predicted molar refractivity (Wildman–Crippen MR) is 74.5 cm³/mol. The van der Waals surface area contributed by atoms with Gasteiger partial charge >= 0.3 is 0 Å². The maximum atomic E-state index is 11.9. The van der Waals surface area contributed by atoms with E-state index < -0.39 is 0 Å². The summed E-state index contributed by atoms with van der Waals surface area (Å²) < 4.78 is 1.54. The first-order valence-corrected chi connectivity index (χ1v) is 6.26. The zero-order chi connectivity index (χ0) is 14.9. The number of rotatable bonds is 3. The number of nitrogens with zero attached hydrogens (tertiary/aromatic N) is 5. The summed E-state index contributed by atoms with van der Waals surface area (Å²) in [5, 5.41) is 12.5. The molecule has 0 saturated carbocycles. The quantitative estimate of drug-likeness (QED) is 0.877. The summed E-state index contributed by atoms with van der Waals surface area (Å²) >= 11 is 0. The van der Waals surface area contributed by atoms with Crippen molar-refractivity contribution < 1.29 is 4.79 Å². The molecule has 7 heteroatoms. The zero-order valence-electron chi connectivity index (χ0n) is 12.1. The molecule has 106 valence electrons. The second-order valence-corrected chi connectivity index (χ2v) is 4.76. The van der Waals surface area contributed by atoms with Gasteiger partial charge in [0, 0.05) is 32.4 Å². The molecule has 0 aromatic carbocycles. The summed E-state index contributed by atoms with van der Waals surface area (Å²) in [6, 6.07) is 1.65. The van der Waals surface area contributed by atoms with Gasteiger partial charge in [0.05, 0.1) is 5.69 Å². The molecule has 0 aliphatic heterocycles. The highest BCUT2D eigenvalue weighted by Gasteiger charge is 2.16. The van der Waals surface area contributed by atoms with Crippen LogP contribution >= 0.6 is 0 Å². The van der Waals surface area contributed by atoms with Gasteiger partial charge in [-0.25, -0.2) is 4.68 Å². The Balaban J connectivity index is 2.48. The highest BCUT2D eigenvalue weighted by Crippen LogP contribution is 2.17. The smallest absolute Gasteiger partial charge is 0.273 e. The van der Waals surface area contributed by atoms with Crippen molar-refractivity contribution in [1.82, 2.24) is 24.9 Å².